The number of ether oxygens (including phenoxy) is 2. The van der Waals surface area contributed by atoms with Gasteiger partial charge in [-0.1, -0.05) is 24.3 Å². The monoisotopic (exact) mass is 301 g/mol. The molecular weight excluding hydrogens is 278 g/mol. The lowest BCUT2D eigenvalue weighted by atomic mass is 9.97. The fourth-order valence-electron chi connectivity index (χ4n) is 2.45. The minimum atomic E-state index is -0.203. The predicted octanol–water partition coefficient (Wildman–Crippen LogP) is 3.10. The molecule has 4 heteroatoms. The van der Waals surface area contributed by atoms with Crippen molar-refractivity contribution in [2.45, 2.75) is 25.8 Å². The highest BCUT2D eigenvalue weighted by Crippen LogP contribution is 2.25. The zero-order valence-corrected chi connectivity index (χ0v) is 13.6. The van der Waals surface area contributed by atoms with E-state index in [-0.39, 0.29) is 17.9 Å². The zero-order valence-electron chi connectivity index (χ0n) is 13.6. The van der Waals surface area contributed by atoms with Crippen molar-refractivity contribution in [3.8, 4) is 5.75 Å². The standard InChI is InChI=1S/C18H23NO3/c1-12(11-21-3)19-18(20)13(2)14-5-6-16-10-17(22-4)8-7-15(16)9-14/h5-10,12-13H,11H2,1-4H3,(H,19,20)/t12?,13-/m0/s1. The highest BCUT2D eigenvalue weighted by molar-refractivity contribution is 5.88. The number of methoxy groups -OCH3 is 2. The van der Waals surface area contributed by atoms with E-state index in [1.807, 2.05) is 44.2 Å². The quantitative estimate of drug-likeness (QED) is 0.892. The Morgan fingerprint density at radius 2 is 1.77 bits per heavy atom. The van der Waals surface area contributed by atoms with Crippen LogP contribution in [0.3, 0.4) is 0 Å². The third kappa shape index (κ3) is 3.77. The van der Waals surface area contributed by atoms with E-state index in [2.05, 4.69) is 11.4 Å². The molecule has 22 heavy (non-hydrogen) atoms. The molecule has 2 aromatic rings. The molecule has 2 aromatic carbocycles. The van der Waals surface area contributed by atoms with Crippen molar-refractivity contribution in [3.63, 3.8) is 0 Å². The molecule has 2 atom stereocenters. The normalized spacial score (nSPS) is 13.6. The number of rotatable bonds is 6. The summed E-state index contributed by atoms with van der Waals surface area (Å²) in [5, 5.41) is 5.16. The van der Waals surface area contributed by atoms with Crippen LogP contribution in [0.15, 0.2) is 36.4 Å². The molecule has 0 spiro atoms. The second-order valence-electron chi connectivity index (χ2n) is 5.56. The van der Waals surface area contributed by atoms with Crippen molar-refractivity contribution >= 4 is 16.7 Å². The van der Waals surface area contributed by atoms with Gasteiger partial charge in [-0.3, -0.25) is 4.79 Å². The van der Waals surface area contributed by atoms with Crippen molar-refractivity contribution < 1.29 is 14.3 Å². The molecule has 0 saturated carbocycles. The van der Waals surface area contributed by atoms with E-state index in [1.165, 1.54) is 0 Å². The fraction of sp³-hybridized carbons (Fsp3) is 0.389. The van der Waals surface area contributed by atoms with Crippen LogP contribution in [0.4, 0.5) is 0 Å². The van der Waals surface area contributed by atoms with Crippen molar-refractivity contribution in [2.75, 3.05) is 20.8 Å². The molecule has 1 unspecified atom stereocenters. The van der Waals surface area contributed by atoms with Gasteiger partial charge in [-0.2, -0.15) is 0 Å². The Morgan fingerprint density at radius 3 is 2.45 bits per heavy atom. The van der Waals surface area contributed by atoms with Crippen LogP contribution in [0.2, 0.25) is 0 Å². The summed E-state index contributed by atoms with van der Waals surface area (Å²) in [6.07, 6.45) is 0. The Labute approximate surface area is 131 Å². The van der Waals surface area contributed by atoms with Crippen LogP contribution in [0, 0.1) is 0 Å². The van der Waals surface area contributed by atoms with Gasteiger partial charge in [0, 0.05) is 13.2 Å². The molecule has 1 N–H and O–H groups in total. The second-order valence-corrected chi connectivity index (χ2v) is 5.56. The molecule has 0 aromatic heterocycles. The SMILES string of the molecule is COCC(C)NC(=O)[C@@H](C)c1ccc2cc(OC)ccc2c1. The first-order valence-electron chi connectivity index (χ1n) is 7.42. The highest BCUT2D eigenvalue weighted by atomic mass is 16.5. The van der Waals surface area contributed by atoms with Crippen molar-refractivity contribution in [1.82, 2.24) is 5.32 Å². The number of hydrogen-bond acceptors (Lipinski definition) is 3. The lowest BCUT2D eigenvalue weighted by molar-refractivity contribution is -0.123. The number of carbonyl (C=O) groups is 1. The summed E-state index contributed by atoms with van der Waals surface area (Å²) in [7, 11) is 3.28. The van der Waals surface area contributed by atoms with Gasteiger partial charge >= 0.3 is 0 Å². The maximum Gasteiger partial charge on any atom is 0.227 e. The summed E-state index contributed by atoms with van der Waals surface area (Å²) >= 11 is 0. The Bertz CT molecular complexity index is 654. The summed E-state index contributed by atoms with van der Waals surface area (Å²) in [6, 6.07) is 12.0. The van der Waals surface area contributed by atoms with Gasteiger partial charge in [0.1, 0.15) is 5.75 Å². The molecule has 2 rings (SSSR count). The van der Waals surface area contributed by atoms with E-state index >= 15 is 0 Å². The molecule has 0 saturated heterocycles. The van der Waals surface area contributed by atoms with Crippen molar-refractivity contribution in [1.29, 1.82) is 0 Å². The van der Waals surface area contributed by atoms with E-state index in [9.17, 15) is 4.79 Å². The molecule has 0 radical (unpaired) electrons. The van der Waals surface area contributed by atoms with Gasteiger partial charge in [0.15, 0.2) is 0 Å². The molecule has 0 aliphatic carbocycles. The van der Waals surface area contributed by atoms with Crippen LogP contribution in [0.5, 0.6) is 5.75 Å². The third-order valence-electron chi connectivity index (χ3n) is 3.77. The van der Waals surface area contributed by atoms with Crippen LogP contribution in [0.1, 0.15) is 25.3 Å². The molecule has 1 amide bonds. The first-order chi connectivity index (χ1) is 10.5. The second kappa shape index (κ2) is 7.27. The Kier molecular flexibility index (Phi) is 5.39. The van der Waals surface area contributed by atoms with Gasteiger partial charge in [-0.05, 0) is 42.3 Å². The van der Waals surface area contributed by atoms with Gasteiger partial charge in [-0.15, -0.1) is 0 Å². The maximum atomic E-state index is 12.3. The van der Waals surface area contributed by atoms with Crippen molar-refractivity contribution in [2.24, 2.45) is 0 Å². The van der Waals surface area contributed by atoms with Gasteiger partial charge in [0.2, 0.25) is 5.91 Å². The Balaban J connectivity index is 2.17. The average molecular weight is 301 g/mol. The van der Waals surface area contributed by atoms with Crippen LogP contribution < -0.4 is 10.1 Å². The number of benzene rings is 2. The van der Waals surface area contributed by atoms with Gasteiger partial charge in [0.25, 0.3) is 0 Å². The maximum absolute atomic E-state index is 12.3. The lowest BCUT2D eigenvalue weighted by Crippen LogP contribution is -2.38. The number of carbonyl (C=O) groups excluding carboxylic acids is 1. The fourth-order valence-corrected chi connectivity index (χ4v) is 2.45. The zero-order chi connectivity index (χ0) is 16.1. The Morgan fingerprint density at radius 1 is 1.09 bits per heavy atom. The van der Waals surface area contributed by atoms with Crippen LogP contribution in [-0.2, 0) is 9.53 Å². The van der Waals surface area contributed by atoms with Crippen LogP contribution in [0.25, 0.3) is 10.8 Å². The predicted molar refractivity (Wildman–Crippen MR) is 88.4 cm³/mol. The largest absolute Gasteiger partial charge is 0.497 e. The third-order valence-corrected chi connectivity index (χ3v) is 3.77. The molecule has 0 bridgehead atoms. The summed E-state index contributed by atoms with van der Waals surface area (Å²) in [5.74, 6) is 0.641. The molecular formula is C18H23NO3. The highest BCUT2D eigenvalue weighted by Gasteiger charge is 2.17. The first kappa shape index (κ1) is 16.3. The van der Waals surface area contributed by atoms with Crippen LogP contribution in [-0.4, -0.2) is 32.8 Å². The van der Waals surface area contributed by atoms with Gasteiger partial charge < -0.3 is 14.8 Å². The number of fused-ring (bicyclic) bond motifs is 1. The van der Waals surface area contributed by atoms with E-state index in [0.717, 1.165) is 22.1 Å². The minimum Gasteiger partial charge on any atom is -0.497 e. The lowest BCUT2D eigenvalue weighted by Gasteiger charge is -2.17. The summed E-state index contributed by atoms with van der Waals surface area (Å²) in [4.78, 5) is 12.3. The number of amides is 1. The van der Waals surface area contributed by atoms with Gasteiger partial charge in [0.05, 0.1) is 19.6 Å². The minimum absolute atomic E-state index is 0.00432. The van der Waals surface area contributed by atoms with E-state index in [4.69, 9.17) is 9.47 Å². The first-order valence-corrected chi connectivity index (χ1v) is 7.42. The molecule has 0 aliphatic heterocycles. The summed E-state index contributed by atoms with van der Waals surface area (Å²) in [6.45, 7) is 4.36. The average Bonchev–Trinajstić information content (AvgIpc) is 2.53. The molecule has 118 valence electrons. The van der Waals surface area contributed by atoms with Crippen LogP contribution >= 0.6 is 0 Å². The molecule has 0 heterocycles. The Hall–Kier alpha value is -2.07. The number of nitrogens with one attached hydrogen (secondary N) is 1. The topological polar surface area (TPSA) is 47.6 Å². The van der Waals surface area contributed by atoms with E-state index < -0.39 is 0 Å². The van der Waals surface area contributed by atoms with Crippen molar-refractivity contribution in [3.05, 3.63) is 42.0 Å². The van der Waals surface area contributed by atoms with E-state index in [0.29, 0.717) is 6.61 Å². The molecule has 4 nitrogen and oxygen atoms in total. The smallest absolute Gasteiger partial charge is 0.227 e. The van der Waals surface area contributed by atoms with E-state index in [1.54, 1.807) is 14.2 Å². The molecule has 0 aliphatic rings. The number of hydrogen-bond donors (Lipinski definition) is 1. The molecule has 0 fully saturated rings. The summed E-state index contributed by atoms with van der Waals surface area (Å²) < 4.78 is 10.3. The van der Waals surface area contributed by atoms with Gasteiger partial charge in [-0.25, -0.2) is 0 Å². The summed E-state index contributed by atoms with van der Waals surface area (Å²) in [5.41, 5.74) is 1.000.